The lowest BCUT2D eigenvalue weighted by molar-refractivity contribution is -0.124. The van der Waals surface area contributed by atoms with Crippen LogP contribution in [-0.2, 0) is 16.1 Å². The third-order valence-electron chi connectivity index (χ3n) is 3.46. The van der Waals surface area contributed by atoms with Crippen molar-refractivity contribution in [3.63, 3.8) is 0 Å². The van der Waals surface area contributed by atoms with Crippen molar-refractivity contribution in [2.45, 2.75) is 33.7 Å². The van der Waals surface area contributed by atoms with Crippen LogP contribution >= 0.6 is 0 Å². The second kappa shape index (κ2) is 4.21. The summed E-state index contributed by atoms with van der Waals surface area (Å²) in [5.41, 5.74) is 7.61. The van der Waals surface area contributed by atoms with Crippen LogP contribution in [0.3, 0.4) is 0 Å². The molecule has 0 saturated carbocycles. The summed E-state index contributed by atoms with van der Waals surface area (Å²) in [6, 6.07) is 5.56. The highest BCUT2D eigenvalue weighted by Gasteiger charge is 2.45. The largest absolute Gasteiger partial charge is 0.326 e. The van der Waals surface area contributed by atoms with E-state index in [1.54, 1.807) is 19.9 Å². The van der Waals surface area contributed by atoms with Gasteiger partial charge in [-0.2, -0.15) is 0 Å². The van der Waals surface area contributed by atoms with Crippen LogP contribution in [0, 0.1) is 12.3 Å². The topological polar surface area (TPSA) is 63.4 Å². The molecule has 0 bridgehead atoms. The van der Waals surface area contributed by atoms with Gasteiger partial charge in [0.05, 0.1) is 11.1 Å². The van der Waals surface area contributed by atoms with Crippen molar-refractivity contribution in [1.82, 2.24) is 0 Å². The number of imide groups is 1. The van der Waals surface area contributed by atoms with Gasteiger partial charge in [0, 0.05) is 13.0 Å². The molecule has 96 valence electrons. The lowest BCUT2D eigenvalue weighted by Crippen LogP contribution is -2.34. The standard InChI is InChI=1S/C14H18N2O2/c1-9-5-4-6-11(10(9)8-15)16-12(17)7-14(2,3)13(16)18/h4-6H,7-8,15H2,1-3H3. The summed E-state index contributed by atoms with van der Waals surface area (Å²) in [6.07, 6.45) is 0.254. The second-order valence-electron chi connectivity index (χ2n) is 5.37. The molecule has 0 unspecified atom stereocenters. The van der Waals surface area contributed by atoms with Crippen LogP contribution in [0.5, 0.6) is 0 Å². The fraction of sp³-hybridized carbons (Fsp3) is 0.429. The molecule has 4 heteroatoms. The van der Waals surface area contributed by atoms with E-state index in [2.05, 4.69) is 0 Å². The summed E-state index contributed by atoms with van der Waals surface area (Å²) in [4.78, 5) is 25.6. The fourth-order valence-electron chi connectivity index (χ4n) is 2.35. The molecule has 0 atom stereocenters. The highest BCUT2D eigenvalue weighted by molar-refractivity contribution is 6.22. The summed E-state index contributed by atoms with van der Waals surface area (Å²) >= 11 is 0. The third-order valence-corrected chi connectivity index (χ3v) is 3.46. The molecule has 0 radical (unpaired) electrons. The number of rotatable bonds is 2. The second-order valence-corrected chi connectivity index (χ2v) is 5.37. The van der Waals surface area contributed by atoms with Crippen molar-refractivity contribution >= 4 is 17.5 Å². The van der Waals surface area contributed by atoms with Crippen molar-refractivity contribution in [3.8, 4) is 0 Å². The lowest BCUT2D eigenvalue weighted by atomic mass is 9.92. The van der Waals surface area contributed by atoms with Crippen LogP contribution in [0.15, 0.2) is 18.2 Å². The predicted molar refractivity (Wildman–Crippen MR) is 70.0 cm³/mol. The minimum Gasteiger partial charge on any atom is -0.326 e. The molecule has 2 N–H and O–H groups in total. The van der Waals surface area contributed by atoms with E-state index >= 15 is 0 Å². The van der Waals surface area contributed by atoms with E-state index in [9.17, 15) is 9.59 Å². The Morgan fingerprint density at radius 1 is 1.33 bits per heavy atom. The zero-order valence-corrected chi connectivity index (χ0v) is 11.0. The first kappa shape index (κ1) is 12.8. The Kier molecular flexibility index (Phi) is 2.99. The number of hydrogen-bond acceptors (Lipinski definition) is 3. The Hall–Kier alpha value is -1.68. The highest BCUT2D eigenvalue weighted by Crippen LogP contribution is 2.36. The molecule has 2 rings (SSSR count). The van der Waals surface area contributed by atoms with Crippen LogP contribution in [0.4, 0.5) is 5.69 Å². The van der Waals surface area contributed by atoms with Crippen molar-refractivity contribution in [2.75, 3.05) is 4.90 Å². The monoisotopic (exact) mass is 246 g/mol. The first-order chi connectivity index (χ1) is 8.38. The smallest absolute Gasteiger partial charge is 0.239 e. The van der Waals surface area contributed by atoms with E-state index in [1.807, 2.05) is 19.1 Å². The van der Waals surface area contributed by atoms with Crippen molar-refractivity contribution < 1.29 is 9.59 Å². The lowest BCUT2D eigenvalue weighted by Gasteiger charge is -2.21. The van der Waals surface area contributed by atoms with Gasteiger partial charge in [-0.15, -0.1) is 0 Å². The molecule has 2 amide bonds. The van der Waals surface area contributed by atoms with Gasteiger partial charge in [0.15, 0.2) is 0 Å². The molecule has 1 aliphatic heterocycles. The van der Waals surface area contributed by atoms with Crippen LogP contribution in [0.25, 0.3) is 0 Å². The van der Waals surface area contributed by atoms with Gasteiger partial charge in [-0.3, -0.25) is 9.59 Å². The molecule has 0 spiro atoms. The van der Waals surface area contributed by atoms with Crippen LogP contribution in [0.1, 0.15) is 31.4 Å². The molecule has 18 heavy (non-hydrogen) atoms. The van der Waals surface area contributed by atoms with Gasteiger partial charge in [-0.25, -0.2) is 4.90 Å². The quantitative estimate of drug-likeness (QED) is 0.808. The SMILES string of the molecule is Cc1cccc(N2C(=O)CC(C)(C)C2=O)c1CN. The van der Waals surface area contributed by atoms with Crippen molar-refractivity contribution in [3.05, 3.63) is 29.3 Å². The first-order valence-electron chi connectivity index (χ1n) is 6.04. The predicted octanol–water partition coefficient (Wildman–Crippen LogP) is 1.74. The number of aryl methyl sites for hydroxylation is 1. The van der Waals surface area contributed by atoms with Gasteiger partial charge >= 0.3 is 0 Å². The molecular weight excluding hydrogens is 228 g/mol. The Labute approximate surface area is 107 Å². The Balaban J connectivity index is 2.53. The number of nitrogens with two attached hydrogens (primary N) is 1. The molecule has 1 aromatic carbocycles. The third kappa shape index (κ3) is 1.82. The number of nitrogens with zero attached hydrogens (tertiary/aromatic N) is 1. The number of carbonyl (C=O) groups excluding carboxylic acids is 2. The highest BCUT2D eigenvalue weighted by atomic mass is 16.2. The van der Waals surface area contributed by atoms with Crippen LogP contribution in [-0.4, -0.2) is 11.8 Å². The molecular formula is C14H18N2O2. The van der Waals surface area contributed by atoms with Gasteiger partial charge < -0.3 is 5.73 Å². The molecule has 0 aromatic heterocycles. The van der Waals surface area contributed by atoms with Gasteiger partial charge in [0.2, 0.25) is 11.8 Å². The summed E-state index contributed by atoms with van der Waals surface area (Å²) in [5.74, 6) is -0.293. The van der Waals surface area contributed by atoms with E-state index in [-0.39, 0.29) is 18.2 Å². The Morgan fingerprint density at radius 3 is 2.50 bits per heavy atom. The number of carbonyl (C=O) groups is 2. The van der Waals surface area contributed by atoms with Crippen molar-refractivity contribution in [2.24, 2.45) is 11.1 Å². The maximum Gasteiger partial charge on any atom is 0.239 e. The molecule has 1 fully saturated rings. The minimum absolute atomic E-state index is 0.146. The van der Waals surface area contributed by atoms with Crippen LogP contribution in [0.2, 0.25) is 0 Å². The van der Waals surface area contributed by atoms with E-state index in [1.165, 1.54) is 4.90 Å². The molecule has 4 nitrogen and oxygen atoms in total. The zero-order chi connectivity index (χ0) is 13.5. The Morgan fingerprint density at radius 2 is 2.00 bits per heavy atom. The van der Waals surface area contributed by atoms with Gasteiger partial charge in [0.25, 0.3) is 0 Å². The van der Waals surface area contributed by atoms with E-state index in [0.29, 0.717) is 12.2 Å². The average molecular weight is 246 g/mol. The first-order valence-corrected chi connectivity index (χ1v) is 6.04. The van der Waals surface area contributed by atoms with E-state index in [0.717, 1.165) is 11.1 Å². The Bertz CT molecular complexity index is 521. The van der Waals surface area contributed by atoms with Crippen LogP contribution < -0.4 is 10.6 Å². The number of anilines is 1. The van der Waals surface area contributed by atoms with Gasteiger partial charge in [-0.1, -0.05) is 26.0 Å². The maximum atomic E-state index is 12.3. The fourth-order valence-corrected chi connectivity index (χ4v) is 2.35. The molecule has 0 aliphatic carbocycles. The van der Waals surface area contributed by atoms with E-state index < -0.39 is 5.41 Å². The normalized spacial score (nSPS) is 18.6. The van der Waals surface area contributed by atoms with E-state index in [4.69, 9.17) is 5.73 Å². The number of amides is 2. The molecule has 1 aliphatic rings. The summed E-state index contributed by atoms with van der Waals surface area (Å²) < 4.78 is 0. The van der Waals surface area contributed by atoms with Gasteiger partial charge in [-0.05, 0) is 24.1 Å². The number of hydrogen-bond donors (Lipinski definition) is 1. The molecule has 1 saturated heterocycles. The maximum absolute atomic E-state index is 12.3. The minimum atomic E-state index is -0.618. The summed E-state index contributed by atoms with van der Waals surface area (Å²) in [6.45, 7) is 5.84. The molecule has 1 heterocycles. The van der Waals surface area contributed by atoms with Gasteiger partial charge in [0.1, 0.15) is 0 Å². The number of benzene rings is 1. The average Bonchev–Trinajstić information content (AvgIpc) is 2.48. The zero-order valence-electron chi connectivity index (χ0n) is 11.0. The summed E-state index contributed by atoms with van der Waals surface area (Å²) in [5, 5.41) is 0. The molecule has 1 aromatic rings. The van der Waals surface area contributed by atoms with Crippen molar-refractivity contribution in [1.29, 1.82) is 0 Å². The summed E-state index contributed by atoms with van der Waals surface area (Å²) in [7, 11) is 0.